The molecule has 116 valence electrons. The fourth-order valence-electron chi connectivity index (χ4n) is 1.91. The number of aromatic nitrogens is 6. The van der Waals surface area contributed by atoms with E-state index in [4.69, 9.17) is 0 Å². The maximum Gasteiger partial charge on any atom is 0.209 e. The van der Waals surface area contributed by atoms with Crippen molar-refractivity contribution in [2.75, 3.05) is 18.8 Å². The summed E-state index contributed by atoms with van der Waals surface area (Å²) in [4.78, 5) is 0. The molecule has 0 aliphatic carbocycles. The minimum atomic E-state index is 0.659. The predicted octanol–water partition coefficient (Wildman–Crippen LogP) is 0.987. The van der Waals surface area contributed by atoms with Gasteiger partial charge in [0.05, 0.1) is 6.54 Å². The maximum atomic E-state index is 4.17. The minimum absolute atomic E-state index is 0.659. The zero-order chi connectivity index (χ0) is 15.1. The number of hydrogen-bond donors (Lipinski definition) is 1. The predicted molar refractivity (Wildman–Crippen MR) is 83.2 cm³/mol. The number of hydrogen-bond acceptors (Lipinski definition) is 6. The molecule has 0 radical (unpaired) electrons. The van der Waals surface area contributed by atoms with E-state index >= 15 is 0 Å². The van der Waals surface area contributed by atoms with Gasteiger partial charge in [0, 0.05) is 31.2 Å². The Labute approximate surface area is 129 Å². The van der Waals surface area contributed by atoms with Crippen LogP contribution in [0.25, 0.3) is 0 Å². The highest BCUT2D eigenvalue weighted by atomic mass is 32.2. The number of nitrogens with one attached hydrogen (secondary N) is 1. The molecule has 2 aromatic heterocycles. The van der Waals surface area contributed by atoms with E-state index in [1.165, 1.54) is 5.69 Å². The SMILES string of the molecule is CC(C)CNCCn1nnnc1SCCc1ccnn1C. The quantitative estimate of drug-likeness (QED) is 0.550. The van der Waals surface area contributed by atoms with Crippen LogP contribution in [0.2, 0.25) is 0 Å². The Balaban J connectivity index is 1.74. The van der Waals surface area contributed by atoms with Crippen molar-refractivity contribution in [1.82, 2.24) is 35.3 Å². The van der Waals surface area contributed by atoms with Crippen LogP contribution in [0.5, 0.6) is 0 Å². The average molecular weight is 309 g/mol. The van der Waals surface area contributed by atoms with Crippen LogP contribution in [-0.4, -0.2) is 48.8 Å². The molecule has 0 aliphatic rings. The van der Waals surface area contributed by atoms with Gasteiger partial charge in [-0.05, 0) is 35.4 Å². The topological polar surface area (TPSA) is 73.5 Å². The normalized spacial score (nSPS) is 11.4. The summed E-state index contributed by atoms with van der Waals surface area (Å²) in [7, 11) is 1.96. The van der Waals surface area contributed by atoms with Gasteiger partial charge in [0.15, 0.2) is 0 Å². The lowest BCUT2D eigenvalue weighted by atomic mass is 10.2. The van der Waals surface area contributed by atoms with Crippen LogP contribution in [0, 0.1) is 5.92 Å². The van der Waals surface area contributed by atoms with Crippen LogP contribution in [0.1, 0.15) is 19.5 Å². The molecule has 0 bridgehead atoms. The van der Waals surface area contributed by atoms with Gasteiger partial charge in [-0.2, -0.15) is 5.10 Å². The molecule has 0 aromatic carbocycles. The van der Waals surface area contributed by atoms with E-state index < -0.39 is 0 Å². The summed E-state index contributed by atoms with van der Waals surface area (Å²) in [5, 5.41) is 20.3. The van der Waals surface area contributed by atoms with Crippen molar-refractivity contribution in [2.24, 2.45) is 13.0 Å². The van der Waals surface area contributed by atoms with Gasteiger partial charge in [-0.3, -0.25) is 4.68 Å². The zero-order valence-electron chi connectivity index (χ0n) is 12.9. The van der Waals surface area contributed by atoms with Crippen LogP contribution in [-0.2, 0) is 20.0 Å². The van der Waals surface area contributed by atoms with Gasteiger partial charge < -0.3 is 5.32 Å². The Hall–Kier alpha value is -1.41. The van der Waals surface area contributed by atoms with Gasteiger partial charge in [0.1, 0.15) is 0 Å². The molecular formula is C13H23N7S. The lowest BCUT2D eigenvalue weighted by molar-refractivity contribution is 0.482. The van der Waals surface area contributed by atoms with Gasteiger partial charge in [-0.1, -0.05) is 25.6 Å². The van der Waals surface area contributed by atoms with E-state index in [1.54, 1.807) is 11.8 Å². The monoisotopic (exact) mass is 309 g/mol. The maximum absolute atomic E-state index is 4.17. The average Bonchev–Trinajstić information content (AvgIpc) is 3.05. The molecule has 7 nitrogen and oxygen atoms in total. The van der Waals surface area contributed by atoms with E-state index in [0.717, 1.165) is 37.0 Å². The van der Waals surface area contributed by atoms with Crippen LogP contribution >= 0.6 is 11.8 Å². The molecule has 0 spiro atoms. The molecule has 0 saturated heterocycles. The summed E-state index contributed by atoms with van der Waals surface area (Å²) in [6.07, 6.45) is 2.78. The second kappa shape index (κ2) is 8.14. The third-order valence-electron chi connectivity index (χ3n) is 3.06. The summed E-state index contributed by atoms with van der Waals surface area (Å²) in [5.41, 5.74) is 1.22. The standard InChI is InChI=1S/C13H23N7S/c1-11(2)10-14-7-8-20-13(16-17-18-20)21-9-5-12-4-6-15-19(12)3/h4,6,11,14H,5,7-10H2,1-3H3. The van der Waals surface area contributed by atoms with Gasteiger partial charge in [0.2, 0.25) is 5.16 Å². The second-order valence-corrected chi connectivity index (χ2v) is 6.39. The fraction of sp³-hybridized carbons (Fsp3) is 0.692. The first kappa shape index (κ1) is 16.0. The molecule has 0 saturated carbocycles. The van der Waals surface area contributed by atoms with Crippen molar-refractivity contribution in [2.45, 2.75) is 32.0 Å². The van der Waals surface area contributed by atoms with Crippen molar-refractivity contribution in [3.05, 3.63) is 18.0 Å². The first-order valence-electron chi connectivity index (χ1n) is 7.23. The van der Waals surface area contributed by atoms with Gasteiger partial charge in [-0.15, -0.1) is 5.10 Å². The van der Waals surface area contributed by atoms with Crippen LogP contribution in [0.15, 0.2) is 17.4 Å². The first-order valence-corrected chi connectivity index (χ1v) is 8.22. The number of aryl methyl sites for hydroxylation is 2. The fourth-order valence-corrected chi connectivity index (χ4v) is 2.77. The van der Waals surface area contributed by atoms with Crippen molar-refractivity contribution < 1.29 is 0 Å². The van der Waals surface area contributed by atoms with Gasteiger partial charge in [0.25, 0.3) is 0 Å². The van der Waals surface area contributed by atoms with Crippen molar-refractivity contribution >= 4 is 11.8 Å². The molecule has 2 heterocycles. The molecule has 2 rings (SSSR count). The van der Waals surface area contributed by atoms with Crippen LogP contribution in [0.4, 0.5) is 0 Å². The highest BCUT2D eigenvalue weighted by Crippen LogP contribution is 2.15. The number of tetrazole rings is 1. The lowest BCUT2D eigenvalue weighted by Crippen LogP contribution is -2.24. The van der Waals surface area contributed by atoms with Crippen molar-refractivity contribution in [3.63, 3.8) is 0 Å². The summed E-state index contributed by atoms with van der Waals surface area (Å²) >= 11 is 1.68. The molecule has 0 aliphatic heterocycles. The smallest absolute Gasteiger partial charge is 0.209 e. The molecular weight excluding hydrogens is 286 g/mol. The van der Waals surface area contributed by atoms with Crippen LogP contribution < -0.4 is 5.32 Å². The molecule has 1 N–H and O–H groups in total. The third kappa shape index (κ3) is 5.13. The number of thioether (sulfide) groups is 1. The van der Waals surface area contributed by atoms with Gasteiger partial charge in [-0.25, -0.2) is 4.68 Å². The molecule has 0 atom stereocenters. The third-order valence-corrected chi connectivity index (χ3v) is 4.02. The Kier molecular flexibility index (Phi) is 6.19. The Morgan fingerprint density at radius 2 is 2.24 bits per heavy atom. The summed E-state index contributed by atoms with van der Waals surface area (Å²) < 4.78 is 3.76. The Morgan fingerprint density at radius 3 is 2.95 bits per heavy atom. The summed E-state index contributed by atoms with van der Waals surface area (Å²) in [6.45, 7) is 7.10. The van der Waals surface area contributed by atoms with E-state index in [9.17, 15) is 0 Å². The summed E-state index contributed by atoms with van der Waals surface area (Å²) in [5.74, 6) is 1.60. The molecule has 0 amide bonds. The highest BCUT2D eigenvalue weighted by Gasteiger charge is 2.07. The van der Waals surface area contributed by atoms with Crippen LogP contribution in [0.3, 0.4) is 0 Å². The molecule has 0 fully saturated rings. The van der Waals surface area contributed by atoms with E-state index in [-0.39, 0.29) is 0 Å². The van der Waals surface area contributed by atoms with Crippen molar-refractivity contribution in [1.29, 1.82) is 0 Å². The number of nitrogens with zero attached hydrogens (tertiary/aromatic N) is 6. The minimum Gasteiger partial charge on any atom is -0.315 e. The van der Waals surface area contributed by atoms with Gasteiger partial charge >= 0.3 is 0 Å². The van der Waals surface area contributed by atoms with E-state index in [2.05, 4.69) is 39.8 Å². The highest BCUT2D eigenvalue weighted by molar-refractivity contribution is 7.99. The zero-order valence-corrected chi connectivity index (χ0v) is 13.7. The molecule has 2 aromatic rings. The Morgan fingerprint density at radius 1 is 1.38 bits per heavy atom. The molecule has 21 heavy (non-hydrogen) atoms. The first-order chi connectivity index (χ1) is 10.2. The van der Waals surface area contributed by atoms with E-state index in [0.29, 0.717) is 5.92 Å². The molecule has 0 unspecified atom stereocenters. The summed E-state index contributed by atoms with van der Waals surface area (Å²) in [6, 6.07) is 2.04. The van der Waals surface area contributed by atoms with E-state index in [1.807, 2.05) is 28.7 Å². The lowest BCUT2D eigenvalue weighted by Gasteiger charge is -2.08. The van der Waals surface area contributed by atoms with Crippen molar-refractivity contribution in [3.8, 4) is 0 Å². The second-order valence-electron chi connectivity index (χ2n) is 5.33. The number of rotatable bonds is 9. The molecule has 8 heteroatoms. The largest absolute Gasteiger partial charge is 0.315 e. The Bertz CT molecular complexity index is 534.